The Kier molecular flexibility index (Phi) is 3.35. The van der Waals surface area contributed by atoms with E-state index in [1.807, 2.05) is 4.90 Å². The van der Waals surface area contributed by atoms with Crippen LogP contribution in [0, 0.1) is 11.3 Å². The Morgan fingerprint density at radius 3 is 2.80 bits per heavy atom. The summed E-state index contributed by atoms with van der Waals surface area (Å²) in [5.74, 6) is 0.268. The molecule has 0 bridgehead atoms. The van der Waals surface area contributed by atoms with Crippen LogP contribution in [0.4, 0.5) is 0 Å². The monoisotopic (exact) mass is 282 g/mol. The Hall–Kier alpha value is -0.650. The summed E-state index contributed by atoms with van der Waals surface area (Å²) in [5.41, 5.74) is 5.55. The van der Waals surface area contributed by atoms with Crippen LogP contribution in [0.3, 0.4) is 0 Å². The summed E-state index contributed by atoms with van der Waals surface area (Å²) in [7, 11) is 0. The van der Waals surface area contributed by atoms with Gasteiger partial charge in [0.05, 0.1) is 18.8 Å². The first-order chi connectivity index (χ1) is 9.42. The maximum atomic E-state index is 13.0. The van der Waals surface area contributed by atoms with E-state index in [-0.39, 0.29) is 29.4 Å². The molecule has 0 aromatic rings. The molecular formula is C15H26N2O3. The van der Waals surface area contributed by atoms with E-state index in [0.717, 1.165) is 19.4 Å². The van der Waals surface area contributed by atoms with Gasteiger partial charge in [0.15, 0.2) is 0 Å². The van der Waals surface area contributed by atoms with Gasteiger partial charge < -0.3 is 20.1 Å². The summed E-state index contributed by atoms with van der Waals surface area (Å²) in [6, 6.07) is 0. The molecule has 5 nitrogen and oxygen atoms in total. The van der Waals surface area contributed by atoms with Gasteiger partial charge in [-0.2, -0.15) is 0 Å². The quantitative estimate of drug-likeness (QED) is 0.812. The lowest BCUT2D eigenvalue weighted by Crippen LogP contribution is -2.80. The first kappa shape index (κ1) is 14.3. The van der Waals surface area contributed by atoms with Crippen molar-refractivity contribution < 1.29 is 14.3 Å². The Morgan fingerprint density at radius 1 is 1.35 bits per heavy atom. The molecule has 4 atom stereocenters. The summed E-state index contributed by atoms with van der Waals surface area (Å²) in [6.07, 6.45) is 2.12. The van der Waals surface area contributed by atoms with E-state index < -0.39 is 5.54 Å². The summed E-state index contributed by atoms with van der Waals surface area (Å²) >= 11 is 0. The fourth-order valence-electron chi connectivity index (χ4n) is 4.23. The fraction of sp³-hybridized carbons (Fsp3) is 0.933. The molecule has 1 saturated carbocycles. The number of carbonyl (C=O) groups excluding carboxylic acids is 1. The van der Waals surface area contributed by atoms with Gasteiger partial charge in [0.1, 0.15) is 5.54 Å². The molecule has 4 unspecified atom stereocenters. The normalized spacial score (nSPS) is 43.0. The lowest BCUT2D eigenvalue weighted by atomic mass is 9.47. The Morgan fingerprint density at radius 2 is 2.10 bits per heavy atom. The molecule has 0 aromatic carbocycles. The van der Waals surface area contributed by atoms with Crippen molar-refractivity contribution in [3.63, 3.8) is 0 Å². The van der Waals surface area contributed by atoms with Crippen molar-refractivity contribution in [1.82, 2.24) is 4.90 Å². The van der Waals surface area contributed by atoms with Gasteiger partial charge in [-0.05, 0) is 12.8 Å². The van der Waals surface area contributed by atoms with E-state index in [9.17, 15) is 4.79 Å². The van der Waals surface area contributed by atoms with Crippen molar-refractivity contribution in [2.45, 2.75) is 51.4 Å². The summed E-state index contributed by atoms with van der Waals surface area (Å²) < 4.78 is 11.4. The van der Waals surface area contributed by atoms with Crippen LogP contribution in [0.1, 0.15) is 33.6 Å². The van der Waals surface area contributed by atoms with E-state index in [1.54, 1.807) is 0 Å². The maximum absolute atomic E-state index is 13.0. The number of ether oxygens (including phenoxy) is 2. The predicted molar refractivity (Wildman–Crippen MR) is 75.2 cm³/mol. The van der Waals surface area contributed by atoms with Crippen LogP contribution in [0.25, 0.3) is 0 Å². The van der Waals surface area contributed by atoms with Gasteiger partial charge in [-0.15, -0.1) is 0 Å². The number of nitrogens with two attached hydrogens (primary N) is 1. The van der Waals surface area contributed by atoms with Crippen LogP contribution in [0.2, 0.25) is 0 Å². The average Bonchev–Trinajstić information content (AvgIpc) is 2.94. The van der Waals surface area contributed by atoms with Crippen molar-refractivity contribution in [2.24, 2.45) is 17.1 Å². The molecule has 3 aliphatic rings. The van der Waals surface area contributed by atoms with Crippen LogP contribution in [-0.4, -0.2) is 54.9 Å². The van der Waals surface area contributed by atoms with Crippen LogP contribution >= 0.6 is 0 Å². The third-order valence-electron chi connectivity index (χ3n) is 5.69. The molecule has 0 radical (unpaired) electrons. The highest BCUT2D eigenvalue weighted by atomic mass is 16.5. The number of hydrogen-bond acceptors (Lipinski definition) is 4. The smallest absolute Gasteiger partial charge is 0.243 e. The van der Waals surface area contributed by atoms with Crippen LogP contribution in [0.5, 0.6) is 0 Å². The van der Waals surface area contributed by atoms with Gasteiger partial charge in [-0.1, -0.05) is 20.8 Å². The number of rotatable bonds is 2. The largest absolute Gasteiger partial charge is 0.377 e. The lowest BCUT2D eigenvalue weighted by Gasteiger charge is -2.62. The second-order valence-corrected chi connectivity index (χ2v) is 6.93. The van der Waals surface area contributed by atoms with Crippen molar-refractivity contribution in [2.75, 3.05) is 26.3 Å². The Labute approximate surface area is 120 Å². The van der Waals surface area contributed by atoms with Crippen LogP contribution in [0.15, 0.2) is 0 Å². The molecule has 0 spiro atoms. The first-order valence-corrected chi connectivity index (χ1v) is 7.74. The van der Waals surface area contributed by atoms with Gasteiger partial charge in [-0.3, -0.25) is 4.79 Å². The van der Waals surface area contributed by atoms with Gasteiger partial charge in [0, 0.05) is 31.0 Å². The van der Waals surface area contributed by atoms with Crippen molar-refractivity contribution in [3.8, 4) is 0 Å². The number of fused-ring (bicyclic) bond motifs is 1. The topological polar surface area (TPSA) is 64.8 Å². The molecule has 2 heterocycles. The zero-order chi connectivity index (χ0) is 14.5. The summed E-state index contributed by atoms with van der Waals surface area (Å²) in [4.78, 5) is 14.9. The summed E-state index contributed by atoms with van der Waals surface area (Å²) in [5, 5.41) is 0. The number of nitrogens with zero attached hydrogens (tertiary/aromatic N) is 1. The highest BCUT2D eigenvalue weighted by Crippen LogP contribution is 2.58. The molecule has 2 saturated heterocycles. The third kappa shape index (κ3) is 1.69. The minimum Gasteiger partial charge on any atom is -0.377 e. The highest BCUT2D eigenvalue weighted by molar-refractivity contribution is 5.89. The van der Waals surface area contributed by atoms with Gasteiger partial charge in [-0.25, -0.2) is 0 Å². The zero-order valence-corrected chi connectivity index (χ0v) is 12.7. The van der Waals surface area contributed by atoms with Gasteiger partial charge >= 0.3 is 0 Å². The van der Waals surface area contributed by atoms with Crippen LogP contribution in [-0.2, 0) is 14.3 Å². The molecule has 3 fully saturated rings. The number of carbonyl (C=O) groups is 1. The third-order valence-corrected chi connectivity index (χ3v) is 5.69. The number of hydrogen-bond donors (Lipinski definition) is 1. The van der Waals surface area contributed by atoms with E-state index in [2.05, 4.69) is 20.8 Å². The van der Waals surface area contributed by atoms with Crippen molar-refractivity contribution >= 4 is 5.91 Å². The van der Waals surface area contributed by atoms with E-state index in [0.29, 0.717) is 19.7 Å². The summed E-state index contributed by atoms with van der Waals surface area (Å²) in [6.45, 7) is 8.89. The fourth-order valence-corrected chi connectivity index (χ4v) is 4.23. The Balaban J connectivity index is 1.79. The molecule has 1 amide bonds. The molecule has 2 N–H and O–H groups in total. The average molecular weight is 282 g/mol. The molecule has 20 heavy (non-hydrogen) atoms. The predicted octanol–water partition coefficient (Wildman–Crippen LogP) is 0.766. The minimum atomic E-state index is -0.774. The molecular weight excluding hydrogens is 256 g/mol. The van der Waals surface area contributed by atoms with E-state index in [1.165, 1.54) is 0 Å². The van der Waals surface area contributed by atoms with Gasteiger partial charge in [0.25, 0.3) is 0 Å². The van der Waals surface area contributed by atoms with Crippen molar-refractivity contribution in [1.29, 1.82) is 0 Å². The van der Waals surface area contributed by atoms with E-state index in [4.69, 9.17) is 15.2 Å². The number of morpholine rings is 1. The minimum absolute atomic E-state index is 0.0935. The second-order valence-electron chi connectivity index (χ2n) is 6.93. The van der Waals surface area contributed by atoms with Gasteiger partial charge in [0.2, 0.25) is 5.91 Å². The standard InChI is InChI=1S/C15H26N2O3/c1-4-10-9-17(6-8-19-10)13(18)15(16)11-5-7-20-12(11)14(15,2)3/h10-12H,4-9,16H2,1-3H3. The van der Waals surface area contributed by atoms with Crippen molar-refractivity contribution in [3.05, 3.63) is 0 Å². The molecule has 3 rings (SSSR count). The molecule has 2 aliphatic heterocycles. The van der Waals surface area contributed by atoms with Crippen LogP contribution < -0.4 is 5.73 Å². The molecule has 0 aromatic heterocycles. The maximum Gasteiger partial charge on any atom is 0.243 e. The first-order valence-electron chi connectivity index (χ1n) is 7.74. The lowest BCUT2D eigenvalue weighted by molar-refractivity contribution is -0.188. The zero-order valence-electron chi connectivity index (χ0n) is 12.7. The second kappa shape index (κ2) is 4.68. The Bertz CT molecular complexity index is 412. The number of amides is 1. The highest BCUT2D eigenvalue weighted by Gasteiger charge is 2.72. The molecule has 1 aliphatic carbocycles. The molecule has 5 heteroatoms. The van der Waals surface area contributed by atoms with E-state index >= 15 is 0 Å². The molecule has 114 valence electrons. The SMILES string of the molecule is CCC1CN(C(=O)C2(N)C3CCOC3C2(C)C)CCO1.